The van der Waals surface area contributed by atoms with Gasteiger partial charge in [0.2, 0.25) is 0 Å². The Morgan fingerprint density at radius 3 is 2.94 bits per heavy atom. The maximum atomic E-state index is 5.39. The van der Waals surface area contributed by atoms with Gasteiger partial charge in [0.15, 0.2) is 5.82 Å². The number of aromatic nitrogens is 2. The smallest absolute Gasteiger partial charge is 0.154 e. The molecule has 1 aliphatic rings. The van der Waals surface area contributed by atoms with E-state index in [2.05, 4.69) is 22.2 Å². The molecule has 4 nitrogen and oxygen atoms in total. The van der Waals surface area contributed by atoms with E-state index in [1.165, 1.54) is 17.7 Å². The first-order valence-electron chi connectivity index (χ1n) is 6.82. The van der Waals surface area contributed by atoms with Crippen LogP contribution in [0.15, 0.2) is 0 Å². The molecule has 0 aliphatic heterocycles. The van der Waals surface area contributed by atoms with E-state index in [0.717, 1.165) is 36.8 Å². The van der Waals surface area contributed by atoms with E-state index < -0.39 is 0 Å². The number of aryl methyl sites for hydroxylation is 2. The van der Waals surface area contributed by atoms with Gasteiger partial charge in [0, 0.05) is 18.0 Å². The van der Waals surface area contributed by atoms with Gasteiger partial charge in [0.25, 0.3) is 0 Å². The lowest BCUT2D eigenvalue weighted by Gasteiger charge is -2.25. The second kappa shape index (κ2) is 6.25. The molecule has 0 aromatic carbocycles. The highest BCUT2D eigenvalue weighted by Crippen LogP contribution is 2.25. The third-order valence-corrected chi connectivity index (χ3v) is 3.56. The lowest BCUT2D eigenvalue weighted by Crippen LogP contribution is -2.26. The van der Waals surface area contributed by atoms with Crippen molar-refractivity contribution >= 4 is 0 Å². The minimum absolute atomic E-state index is 0.532. The van der Waals surface area contributed by atoms with E-state index in [9.17, 15) is 0 Å². The van der Waals surface area contributed by atoms with Crippen LogP contribution in [0.4, 0.5) is 0 Å². The van der Waals surface area contributed by atoms with E-state index >= 15 is 0 Å². The monoisotopic (exact) mass is 249 g/mol. The fourth-order valence-corrected chi connectivity index (χ4v) is 2.64. The highest BCUT2D eigenvalue weighted by atomic mass is 16.5. The van der Waals surface area contributed by atoms with E-state index in [1.54, 1.807) is 0 Å². The maximum absolute atomic E-state index is 5.39. The van der Waals surface area contributed by atoms with Crippen LogP contribution in [0.2, 0.25) is 0 Å². The van der Waals surface area contributed by atoms with Gasteiger partial charge >= 0.3 is 0 Å². The number of fused-ring (bicyclic) bond motifs is 1. The summed E-state index contributed by atoms with van der Waals surface area (Å²) in [7, 11) is 2.02. The van der Waals surface area contributed by atoms with Crippen molar-refractivity contribution in [2.45, 2.75) is 39.7 Å². The van der Waals surface area contributed by atoms with E-state index in [4.69, 9.17) is 4.74 Å². The Morgan fingerprint density at radius 1 is 1.39 bits per heavy atom. The summed E-state index contributed by atoms with van der Waals surface area (Å²) in [6.45, 7) is 6.42. The standard InChI is InChI=1S/C14H23N3O/c1-4-18-9-14-16-10(2)12-7-11(8-15-3)5-6-13(12)17-14/h11,15H,4-9H2,1-3H3. The highest BCUT2D eigenvalue weighted by Gasteiger charge is 2.22. The maximum Gasteiger partial charge on any atom is 0.154 e. The number of nitrogens with one attached hydrogen (secondary N) is 1. The SMILES string of the molecule is CCOCc1nc(C)c2c(n1)CCC(CNC)C2. The molecule has 0 bridgehead atoms. The van der Waals surface area contributed by atoms with Crippen LogP contribution in [-0.4, -0.2) is 30.2 Å². The molecule has 100 valence electrons. The predicted molar refractivity (Wildman–Crippen MR) is 71.5 cm³/mol. The van der Waals surface area contributed by atoms with Gasteiger partial charge in [0.1, 0.15) is 6.61 Å². The molecule has 1 aromatic heterocycles. The minimum Gasteiger partial charge on any atom is -0.374 e. The molecule has 18 heavy (non-hydrogen) atoms. The van der Waals surface area contributed by atoms with Crippen molar-refractivity contribution in [2.24, 2.45) is 5.92 Å². The largest absolute Gasteiger partial charge is 0.374 e. The average molecular weight is 249 g/mol. The van der Waals surface area contributed by atoms with Crippen molar-refractivity contribution in [3.8, 4) is 0 Å². The Bertz CT molecular complexity index is 406. The van der Waals surface area contributed by atoms with Gasteiger partial charge < -0.3 is 10.1 Å². The number of rotatable bonds is 5. The summed E-state index contributed by atoms with van der Waals surface area (Å²) < 4.78 is 5.39. The van der Waals surface area contributed by atoms with Gasteiger partial charge in [-0.15, -0.1) is 0 Å². The summed E-state index contributed by atoms with van der Waals surface area (Å²) in [5.74, 6) is 1.56. The molecular formula is C14H23N3O. The van der Waals surface area contributed by atoms with Crippen molar-refractivity contribution in [1.29, 1.82) is 0 Å². The Kier molecular flexibility index (Phi) is 4.66. The third-order valence-electron chi connectivity index (χ3n) is 3.56. The zero-order chi connectivity index (χ0) is 13.0. The average Bonchev–Trinajstić information content (AvgIpc) is 2.37. The van der Waals surface area contributed by atoms with Crippen LogP contribution < -0.4 is 5.32 Å². The summed E-state index contributed by atoms with van der Waals surface area (Å²) in [5, 5.41) is 3.27. The van der Waals surface area contributed by atoms with Crippen molar-refractivity contribution in [2.75, 3.05) is 20.2 Å². The van der Waals surface area contributed by atoms with Crippen LogP contribution >= 0.6 is 0 Å². The van der Waals surface area contributed by atoms with Crippen LogP contribution in [-0.2, 0) is 24.2 Å². The van der Waals surface area contributed by atoms with Crippen molar-refractivity contribution in [3.63, 3.8) is 0 Å². The summed E-state index contributed by atoms with van der Waals surface area (Å²) in [6, 6.07) is 0. The van der Waals surface area contributed by atoms with Gasteiger partial charge in [-0.3, -0.25) is 0 Å². The predicted octanol–water partition coefficient (Wildman–Crippen LogP) is 1.65. The fraction of sp³-hybridized carbons (Fsp3) is 0.714. The molecular weight excluding hydrogens is 226 g/mol. The fourth-order valence-electron chi connectivity index (χ4n) is 2.64. The van der Waals surface area contributed by atoms with E-state index in [1.807, 2.05) is 14.0 Å². The van der Waals surface area contributed by atoms with Crippen molar-refractivity contribution in [1.82, 2.24) is 15.3 Å². The number of hydrogen-bond donors (Lipinski definition) is 1. The van der Waals surface area contributed by atoms with Crippen LogP contribution in [0.1, 0.15) is 36.1 Å². The van der Waals surface area contributed by atoms with Gasteiger partial charge in [-0.05, 0) is 58.2 Å². The van der Waals surface area contributed by atoms with E-state index in [0.29, 0.717) is 13.2 Å². The molecule has 1 N–H and O–H groups in total. The number of nitrogens with zero attached hydrogens (tertiary/aromatic N) is 2. The molecule has 1 aromatic rings. The second-order valence-corrected chi connectivity index (χ2v) is 4.95. The van der Waals surface area contributed by atoms with Crippen molar-refractivity contribution in [3.05, 3.63) is 22.8 Å². The topological polar surface area (TPSA) is 47.0 Å². The first-order chi connectivity index (χ1) is 8.74. The lowest BCUT2D eigenvalue weighted by molar-refractivity contribution is 0.128. The van der Waals surface area contributed by atoms with Gasteiger partial charge in [-0.1, -0.05) is 0 Å². The summed E-state index contributed by atoms with van der Waals surface area (Å²) in [4.78, 5) is 9.21. The summed E-state index contributed by atoms with van der Waals surface area (Å²) >= 11 is 0. The third kappa shape index (κ3) is 3.06. The molecule has 0 saturated heterocycles. The summed E-state index contributed by atoms with van der Waals surface area (Å²) in [5.41, 5.74) is 3.74. The number of hydrogen-bond acceptors (Lipinski definition) is 4. The molecule has 0 fully saturated rings. The minimum atomic E-state index is 0.532. The van der Waals surface area contributed by atoms with Crippen LogP contribution in [0.25, 0.3) is 0 Å². The van der Waals surface area contributed by atoms with Crippen LogP contribution in [0, 0.1) is 12.8 Å². The van der Waals surface area contributed by atoms with Gasteiger partial charge in [0.05, 0.1) is 0 Å². The quantitative estimate of drug-likeness (QED) is 0.862. The van der Waals surface area contributed by atoms with E-state index in [-0.39, 0.29) is 0 Å². The molecule has 1 heterocycles. The normalized spacial score (nSPS) is 18.7. The van der Waals surface area contributed by atoms with Crippen LogP contribution in [0.5, 0.6) is 0 Å². The first-order valence-corrected chi connectivity index (χ1v) is 6.82. The molecule has 0 amide bonds. The zero-order valence-electron chi connectivity index (χ0n) is 11.6. The molecule has 0 radical (unpaired) electrons. The molecule has 0 spiro atoms. The Balaban J connectivity index is 2.15. The van der Waals surface area contributed by atoms with Gasteiger partial charge in [-0.2, -0.15) is 0 Å². The Hall–Kier alpha value is -1.00. The molecule has 4 heteroatoms. The Labute approximate surface area is 109 Å². The first kappa shape index (κ1) is 13.4. The zero-order valence-corrected chi connectivity index (χ0v) is 11.6. The second-order valence-electron chi connectivity index (χ2n) is 4.95. The molecule has 2 rings (SSSR count). The summed E-state index contributed by atoms with van der Waals surface area (Å²) in [6.07, 6.45) is 3.40. The Morgan fingerprint density at radius 2 is 2.22 bits per heavy atom. The lowest BCUT2D eigenvalue weighted by atomic mass is 9.86. The molecule has 0 saturated carbocycles. The molecule has 1 aliphatic carbocycles. The van der Waals surface area contributed by atoms with Crippen molar-refractivity contribution < 1.29 is 4.74 Å². The van der Waals surface area contributed by atoms with Crippen LogP contribution in [0.3, 0.4) is 0 Å². The number of ether oxygens (including phenoxy) is 1. The molecule has 1 atom stereocenters. The molecule has 1 unspecified atom stereocenters. The highest BCUT2D eigenvalue weighted by molar-refractivity contribution is 5.28. The van der Waals surface area contributed by atoms with Gasteiger partial charge in [-0.25, -0.2) is 9.97 Å².